The second kappa shape index (κ2) is 9.78. The summed E-state index contributed by atoms with van der Waals surface area (Å²) in [6.45, 7) is 5.86. The van der Waals surface area contributed by atoms with Gasteiger partial charge in [-0.2, -0.15) is 0 Å². The van der Waals surface area contributed by atoms with E-state index in [4.69, 9.17) is 32.7 Å². The summed E-state index contributed by atoms with van der Waals surface area (Å²) in [6.07, 6.45) is 0. The molecule has 29 heavy (non-hydrogen) atoms. The molecular formula is C20H23BrCl2N2O4. The molecule has 2 aromatic carbocycles. The van der Waals surface area contributed by atoms with E-state index in [1.165, 1.54) is 7.11 Å². The SMILES string of the molecule is COc1ccc(Br)c(CNc2cc(Cl)c(O)c(Cl)c2)c1OCC(=O)NC(C)(C)C. The van der Waals surface area contributed by atoms with Gasteiger partial charge < -0.3 is 25.2 Å². The second-order valence-corrected chi connectivity index (χ2v) is 8.95. The minimum atomic E-state index is -0.358. The fraction of sp³-hybridized carbons (Fsp3) is 0.350. The highest BCUT2D eigenvalue weighted by Gasteiger charge is 2.19. The molecule has 2 rings (SSSR count). The molecule has 0 fully saturated rings. The van der Waals surface area contributed by atoms with Gasteiger partial charge in [0, 0.05) is 27.8 Å². The Labute approximate surface area is 188 Å². The predicted molar refractivity (Wildman–Crippen MR) is 120 cm³/mol. The van der Waals surface area contributed by atoms with Gasteiger partial charge in [-0.05, 0) is 45.0 Å². The van der Waals surface area contributed by atoms with Crippen molar-refractivity contribution in [1.82, 2.24) is 5.32 Å². The number of phenols is 1. The van der Waals surface area contributed by atoms with E-state index >= 15 is 0 Å². The Kier molecular flexibility index (Phi) is 7.91. The van der Waals surface area contributed by atoms with E-state index < -0.39 is 0 Å². The van der Waals surface area contributed by atoms with Crippen LogP contribution in [0.15, 0.2) is 28.7 Å². The maximum atomic E-state index is 12.2. The molecule has 0 aliphatic heterocycles. The van der Waals surface area contributed by atoms with Crippen LogP contribution in [0.4, 0.5) is 5.69 Å². The number of halogens is 3. The maximum absolute atomic E-state index is 12.2. The average Bonchev–Trinajstić information content (AvgIpc) is 2.62. The molecule has 2 aromatic rings. The number of carbonyl (C=O) groups is 1. The quantitative estimate of drug-likeness (QED) is 0.440. The lowest BCUT2D eigenvalue weighted by atomic mass is 10.1. The van der Waals surface area contributed by atoms with Crippen LogP contribution in [0.3, 0.4) is 0 Å². The van der Waals surface area contributed by atoms with Crippen molar-refractivity contribution in [2.24, 2.45) is 0 Å². The molecule has 0 heterocycles. The Hall–Kier alpha value is -1.83. The number of hydrogen-bond acceptors (Lipinski definition) is 5. The predicted octanol–water partition coefficient (Wildman–Crippen LogP) is 5.38. The molecule has 0 bridgehead atoms. The van der Waals surface area contributed by atoms with E-state index in [0.717, 1.165) is 10.0 Å². The minimum absolute atomic E-state index is 0.139. The van der Waals surface area contributed by atoms with Crippen molar-refractivity contribution in [2.75, 3.05) is 19.0 Å². The zero-order chi connectivity index (χ0) is 21.8. The largest absolute Gasteiger partial charge is 0.505 e. The molecule has 158 valence electrons. The van der Waals surface area contributed by atoms with Gasteiger partial charge in [-0.1, -0.05) is 39.1 Å². The van der Waals surface area contributed by atoms with Gasteiger partial charge in [-0.15, -0.1) is 0 Å². The van der Waals surface area contributed by atoms with Crippen LogP contribution < -0.4 is 20.1 Å². The molecule has 0 aliphatic carbocycles. The number of anilines is 1. The number of amides is 1. The highest BCUT2D eigenvalue weighted by Crippen LogP contribution is 2.38. The Morgan fingerprint density at radius 2 is 1.83 bits per heavy atom. The van der Waals surface area contributed by atoms with Gasteiger partial charge in [-0.3, -0.25) is 4.79 Å². The van der Waals surface area contributed by atoms with Gasteiger partial charge >= 0.3 is 0 Å². The molecule has 9 heteroatoms. The number of aromatic hydroxyl groups is 1. The topological polar surface area (TPSA) is 79.8 Å². The first-order valence-corrected chi connectivity index (χ1v) is 10.3. The Morgan fingerprint density at radius 3 is 2.38 bits per heavy atom. The number of ether oxygens (including phenoxy) is 2. The zero-order valence-electron chi connectivity index (χ0n) is 16.5. The van der Waals surface area contributed by atoms with Crippen LogP contribution in [0.2, 0.25) is 10.0 Å². The summed E-state index contributed by atoms with van der Waals surface area (Å²) in [7, 11) is 1.53. The molecule has 0 spiro atoms. The molecule has 0 saturated carbocycles. The first-order valence-electron chi connectivity index (χ1n) is 8.73. The molecule has 3 N–H and O–H groups in total. The molecular weight excluding hydrogens is 483 g/mol. The van der Waals surface area contributed by atoms with Gasteiger partial charge in [-0.25, -0.2) is 0 Å². The molecule has 0 saturated heterocycles. The van der Waals surface area contributed by atoms with Gasteiger partial charge in [0.05, 0.1) is 17.2 Å². The molecule has 6 nitrogen and oxygen atoms in total. The smallest absolute Gasteiger partial charge is 0.258 e. The van der Waals surface area contributed by atoms with Crippen LogP contribution in [0, 0.1) is 0 Å². The summed E-state index contributed by atoms with van der Waals surface area (Å²) >= 11 is 15.5. The normalized spacial score (nSPS) is 11.1. The van der Waals surface area contributed by atoms with Crippen LogP contribution in [0.5, 0.6) is 17.2 Å². The molecule has 0 radical (unpaired) electrons. The summed E-state index contributed by atoms with van der Waals surface area (Å²) < 4.78 is 12.0. The third kappa shape index (κ3) is 6.59. The van der Waals surface area contributed by atoms with Crippen LogP contribution >= 0.6 is 39.1 Å². The van der Waals surface area contributed by atoms with Crippen molar-refractivity contribution >= 4 is 50.7 Å². The van der Waals surface area contributed by atoms with Crippen molar-refractivity contribution in [1.29, 1.82) is 0 Å². The highest BCUT2D eigenvalue weighted by molar-refractivity contribution is 9.10. The lowest BCUT2D eigenvalue weighted by Gasteiger charge is -2.22. The van der Waals surface area contributed by atoms with Crippen molar-refractivity contribution in [3.05, 3.63) is 44.3 Å². The van der Waals surface area contributed by atoms with Gasteiger partial charge in [0.25, 0.3) is 5.91 Å². The van der Waals surface area contributed by atoms with Gasteiger partial charge in [0.1, 0.15) is 0 Å². The Morgan fingerprint density at radius 1 is 1.21 bits per heavy atom. The third-order valence-corrected chi connectivity index (χ3v) is 5.05. The van der Waals surface area contributed by atoms with Crippen LogP contribution in [0.25, 0.3) is 0 Å². The van der Waals surface area contributed by atoms with Crippen molar-refractivity contribution < 1.29 is 19.4 Å². The summed E-state index contributed by atoms with van der Waals surface area (Å²) in [5.74, 6) is 0.524. The number of rotatable bonds is 7. The number of benzene rings is 2. The van der Waals surface area contributed by atoms with Crippen LogP contribution in [0.1, 0.15) is 26.3 Å². The fourth-order valence-corrected chi connectivity index (χ4v) is 3.46. The van der Waals surface area contributed by atoms with Crippen molar-refractivity contribution in [3.8, 4) is 17.2 Å². The number of hydrogen-bond donors (Lipinski definition) is 3. The van der Waals surface area contributed by atoms with E-state index in [1.807, 2.05) is 26.8 Å². The number of nitrogens with one attached hydrogen (secondary N) is 2. The van der Waals surface area contributed by atoms with E-state index in [2.05, 4.69) is 26.6 Å². The second-order valence-electron chi connectivity index (χ2n) is 7.29. The average molecular weight is 506 g/mol. The lowest BCUT2D eigenvalue weighted by Crippen LogP contribution is -2.43. The van der Waals surface area contributed by atoms with E-state index in [-0.39, 0.29) is 33.8 Å². The summed E-state index contributed by atoms with van der Waals surface area (Å²) in [6, 6.07) is 6.70. The van der Waals surface area contributed by atoms with Crippen molar-refractivity contribution in [3.63, 3.8) is 0 Å². The monoisotopic (exact) mass is 504 g/mol. The molecule has 0 aliphatic rings. The van der Waals surface area contributed by atoms with Crippen LogP contribution in [-0.4, -0.2) is 30.3 Å². The standard InChI is InChI=1S/C20H23BrCl2N2O4/c1-20(2,3)25-17(26)10-29-19-12(13(21)5-6-16(19)28-4)9-24-11-7-14(22)18(27)15(23)8-11/h5-8,24,27H,9-10H2,1-4H3,(H,25,26). The summed E-state index contributed by atoms with van der Waals surface area (Å²) in [5.41, 5.74) is 1.00. The van der Waals surface area contributed by atoms with Crippen molar-refractivity contribution in [2.45, 2.75) is 32.9 Å². The number of phenolic OH excluding ortho intramolecular Hbond substituents is 1. The third-order valence-electron chi connectivity index (χ3n) is 3.74. The first kappa shape index (κ1) is 23.4. The van der Waals surface area contributed by atoms with Gasteiger partial charge in [0.15, 0.2) is 23.9 Å². The fourth-order valence-electron chi connectivity index (χ4n) is 2.52. The zero-order valence-corrected chi connectivity index (χ0v) is 19.6. The lowest BCUT2D eigenvalue weighted by molar-refractivity contribution is -0.124. The van der Waals surface area contributed by atoms with Crippen LogP contribution in [-0.2, 0) is 11.3 Å². The Bertz CT molecular complexity index is 878. The Balaban J connectivity index is 2.23. The number of carbonyl (C=O) groups excluding carboxylic acids is 1. The highest BCUT2D eigenvalue weighted by atomic mass is 79.9. The van der Waals surface area contributed by atoms with E-state index in [1.54, 1.807) is 18.2 Å². The van der Waals surface area contributed by atoms with E-state index in [0.29, 0.717) is 23.7 Å². The number of methoxy groups -OCH3 is 1. The summed E-state index contributed by atoms with van der Waals surface area (Å²) in [5, 5.41) is 16.0. The van der Waals surface area contributed by atoms with E-state index in [9.17, 15) is 9.90 Å². The molecule has 0 aromatic heterocycles. The molecule has 0 unspecified atom stereocenters. The molecule has 1 amide bonds. The molecule has 0 atom stereocenters. The van der Waals surface area contributed by atoms with Gasteiger partial charge in [0.2, 0.25) is 0 Å². The summed E-state index contributed by atoms with van der Waals surface area (Å²) in [4.78, 5) is 12.2. The minimum Gasteiger partial charge on any atom is -0.505 e. The maximum Gasteiger partial charge on any atom is 0.258 e. The first-order chi connectivity index (χ1) is 13.5.